The third-order valence-electron chi connectivity index (χ3n) is 14.6. The molecule has 0 aliphatic heterocycles. The summed E-state index contributed by atoms with van der Waals surface area (Å²) in [5.41, 5.74) is 20.5. The van der Waals surface area contributed by atoms with Crippen molar-refractivity contribution >= 4 is 52.2 Å². The summed E-state index contributed by atoms with van der Waals surface area (Å²) in [6.45, 7) is 40.3. The number of rotatable bonds is 4. The highest BCUT2D eigenvalue weighted by Crippen LogP contribution is 2.54. The van der Waals surface area contributed by atoms with Gasteiger partial charge in [0.25, 0.3) is 0 Å². The summed E-state index contributed by atoms with van der Waals surface area (Å²) < 4.78 is 2.64. The highest BCUT2D eigenvalue weighted by Gasteiger charge is 2.43. The van der Waals surface area contributed by atoms with Crippen molar-refractivity contribution < 1.29 is 0 Å². The summed E-state index contributed by atoms with van der Waals surface area (Å²) in [5, 5.41) is 2.58. The standard InChI is InChI=1S/C56H69BN2/c1-33-24-48-50(49(25-33)59(44-27-36(51(4,5)6)19-18-34(44)2)47-28-37(52(7,8)9)20-21-43(47)57)38-29-40-41(54(12,13)23-22-53(40,10)11)31-46(38)58(48)45-30-42-39(26-35(45)3)55(14,15)32-56(42,16)17/h18-21,24-31H,22-23,32H2,1-17H3. The van der Waals surface area contributed by atoms with Crippen LogP contribution in [-0.2, 0) is 32.5 Å². The topological polar surface area (TPSA) is 8.17 Å². The third-order valence-corrected chi connectivity index (χ3v) is 14.6. The first-order valence-electron chi connectivity index (χ1n) is 22.2. The fraction of sp³-hybridized carbons (Fsp3) is 0.464. The number of anilines is 3. The summed E-state index contributed by atoms with van der Waals surface area (Å²) in [4.78, 5) is 2.52. The second kappa shape index (κ2) is 13.1. The number of nitrogens with zero attached hydrogens (tertiary/aromatic N) is 2. The number of aryl methyl sites for hydroxylation is 3. The van der Waals surface area contributed by atoms with Crippen molar-refractivity contribution in [3.63, 3.8) is 0 Å². The van der Waals surface area contributed by atoms with Gasteiger partial charge in [-0.1, -0.05) is 133 Å². The quantitative estimate of drug-likeness (QED) is 0.162. The highest BCUT2D eigenvalue weighted by molar-refractivity contribution is 6.36. The van der Waals surface area contributed by atoms with Crippen molar-refractivity contribution in [3.05, 3.63) is 123 Å². The van der Waals surface area contributed by atoms with E-state index in [-0.39, 0.29) is 32.5 Å². The maximum absolute atomic E-state index is 7.20. The Labute approximate surface area is 358 Å². The SMILES string of the molecule is [B]c1ccc(C(C)(C)C)cc1N(c1cc(C(C)(C)C)ccc1C)c1cc(C)cc2c1c1cc3c(cc1n2-c1cc2c(cc1C)C(C)(C)CC2(C)C)C(C)(C)CCC3(C)C. The fourth-order valence-electron chi connectivity index (χ4n) is 11.0. The maximum Gasteiger partial charge on any atom is 0.116 e. The molecule has 0 atom stereocenters. The summed E-state index contributed by atoms with van der Waals surface area (Å²) in [5.74, 6) is 0. The van der Waals surface area contributed by atoms with Crippen LogP contribution in [0, 0.1) is 20.8 Å². The van der Waals surface area contributed by atoms with Crippen LogP contribution in [0.2, 0.25) is 0 Å². The molecule has 0 bridgehead atoms. The molecule has 5 aromatic carbocycles. The van der Waals surface area contributed by atoms with Crippen LogP contribution in [-0.4, -0.2) is 12.4 Å². The summed E-state index contributed by atoms with van der Waals surface area (Å²) >= 11 is 0. The molecule has 0 unspecified atom stereocenters. The van der Waals surface area contributed by atoms with Crippen LogP contribution >= 0.6 is 0 Å². The van der Waals surface area contributed by atoms with Crippen molar-refractivity contribution in [2.75, 3.05) is 4.90 Å². The van der Waals surface area contributed by atoms with E-state index in [1.807, 2.05) is 0 Å². The Bertz CT molecular complexity index is 2630. The first-order valence-corrected chi connectivity index (χ1v) is 22.2. The van der Waals surface area contributed by atoms with Crippen LogP contribution in [0.4, 0.5) is 17.1 Å². The Morgan fingerprint density at radius 3 is 1.64 bits per heavy atom. The molecule has 2 aliphatic carbocycles. The van der Waals surface area contributed by atoms with Crippen LogP contribution < -0.4 is 10.4 Å². The molecule has 306 valence electrons. The highest BCUT2D eigenvalue weighted by atomic mass is 15.2. The maximum atomic E-state index is 7.20. The zero-order valence-electron chi connectivity index (χ0n) is 39.5. The first kappa shape index (κ1) is 41.5. The van der Waals surface area contributed by atoms with Gasteiger partial charge in [-0.3, -0.25) is 0 Å². The van der Waals surface area contributed by atoms with Gasteiger partial charge in [0.2, 0.25) is 0 Å². The molecule has 0 spiro atoms. The molecule has 8 rings (SSSR count). The van der Waals surface area contributed by atoms with E-state index < -0.39 is 0 Å². The van der Waals surface area contributed by atoms with E-state index in [1.54, 1.807) is 0 Å². The Morgan fingerprint density at radius 1 is 0.525 bits per heavy atom. The minimum Gasteiger partial charge on any atom is -0.310 e. The predicted molar refractivity (Wildman–Crippen MR) is 258 cm³/mol. The number of hydrogen-bond acceptors (Lipinski definition) is 1. The predicted octanol–water partition coefficient (Wildman–Crippen LogP) is 14.9. The van der Waals surface area contributed by atoms with E-state index >= 15 is 0 Å². The monoisotopic (exact) mass is 781 g/mol. The van der Waals surface area contributed by atoms with Crippen LogP contribution in [0.25, 0.3) is 27.5 Å². The van der Waals surface area contributed by atoms with E-state index in [0.717, 1.165) is 17.6 Å². The molecule has 3 heteroatoms. The van der Waals surface area contributed by atoms with Gasteiger partial charge < -0.3 is 9.47 Å². The Hall–Kier alpha value is -4.24. The molecule has 0 N–H and O–H groups in total. The number of hydrogen-bond donors (Lipinski definition) is 0. The van der Waals surface area contributed by atoms with Gasteiger partial charge in [0.05, 0.1) is 16.7 Å². The molecule has 0 amide bonds. The number of benzene rings is 5. The van der Waals surface area contributed by atoms with Gasteiger partial charge >= 0.3 is 0 Å². The molecular weight excluding hydrogens is 711 g/mol. The third kappa shape index (κ3) is 6.69. The molecule has 2 radical (unpaired) electrons. The lowest BCUT2D eigenvalue weighted by atomic mass is 9.63. The minimum absolute atomic E-state index is 0.0320. The molecule has 2 aliphatic rings. The van der Waals surface area contributed by atoms with Gasteiger partial charge in [-0.25, -0.2) is 0 Å². The average molecular weight is 781 g/mol. The molecule has 6 aromatic rings. The van der Waals surface area contributed by atoms with E-state index in [2.05, 4.69) is 200 Å². The van der Waals surface area contributed by atoms with Crippen molar-refractivity contribution in [2.45, 2.75) is 169 Å². The molecule has 0 saturated carbocycles. The van der Waals surface area contributed by atoms with Gasteiger partial charge in [0.15, 0.2) is 0 Å². The van der Waals surface area contributed by atoms with Crippen LogP contribution in [0.5, 0.6) is 0 Å². The lowest BCUT2D eigenvalue weighted by molar-refractivity contribution is 0.332. The van der Waals surface area contributed by atoms with Crippen molar-refractivity contribution in [1.29, 1.82) is 0 Å². The lowest BCUT2D eigenvalue weighted by Gasteiger charge is -2.42. The molecule has 2 nitrogen and oxygen atoms in total. The second-order valence-corrected chi connectivity index (χ2v) is 23.4. The summed E-state index contributed by atoms with van der Waals surface area (Å²) in [6.07, 6.45) is 3.48. The molecule has 59 heavy (non-hydrogen) atoms. The van der Waals surface area contributed by atoms with Crippen LogP contribution in [0.3, 0.4) is 0 Å². The van der Waals surface area contributed by atoms with E-state index in [0.29, 0.717) is 0 Å². The molecule has 1 aromatic heterocycles. The molecule has 0 saturated heterocycles. The smallest absolute Gasteiger partial charge is 0.116 e. The number of fused-ring (bicyclic) bond motifs is 5. The fourth-order valence-corrected chi connectivity index (χ4v) is 11.0. The summed E-state index contributed by atoms with van der Waals surface area (Å²) in [6, 6.07) is 28.9. The largest absolute Gasteiger partial charge is 0.310 e. The molecule has 0 fully saturated rings. The first-order chi connectivity index (χ1) is 27.1. The minimum atomic E-state index is -0.0563. The van der Waals surface area contributed by atoms with Crippen LogP contribution in [0.1, 0.15) is 166 Å². The Morgan fingerprint density at radius 2 is 1.05 bits per heavy atom. The average Bonchev–Trinajstić information content (AvgIpc) is 3.51. The molecule has 1 heterocycles. The van der Waals surface area contributed by atoms with Gasteiger partial charge in [-0.15, -0.1) is 0 Å². The Kier molecular flexibility index (Phi) is 9.24. The Balaban J connectivity index is 1.58. The van der Waals surface area contributed by atoms with Gasteiger partial charge in [0.1, 0.15) is 7.85 Å². The second-order valence-electron chi connectivity index (χ2n) is 23.4. The van der Waals surface area contributed by atoms with Crippen molar-refractivity contribution in [1.82, 2.24) is 4.57 Å². The normalized spacial score (nSPS) is 18.0. The number of aromatic nitrogens is 1. The van der Waals surface area contributed by atoms with Gasteiger partial charge in [-0.2, -0.15) is 0 Å². The van der Waals surface area contributed by atoms with Gasteiger partial charge in [0, 0.05) is 27.8 Å². The van der Waals surface area contributed by atoms with Crippen molar-refractivity contribution in [3.8, 4) is 5.69 Å². The van der Waals surface area contributed by atoms with Crippen LogP contribution in [0.15, 0.2) is 72.8 Å². The summed E-state index contributed by atoms with van der Waals surface area (Å²) in [7, 11) is 7.20. The molecular formula is C56H69BN2. The van der Waals surface area contributed by atoms with E-state index in [4.69, 9.17) is 7.85 Å². The van der Waals surface area contributed by atoms with Crippen molar-refractivity contribution in [2.24, 2.45) is 0 Å². The zero-order valence-corrected chi connectivity index (χ0v) is 39.5. The van der Waals surface area contributed by atoms with E-state index in [9.17, 15) is 0 Å². The lowest BCUT2D eigenvalue weighted by Crippen LogP contribution is -2.33. The van der Waals surface area contributed by atoms with Gasteiger partial charge in [-0.05, 0) is 165 Å². The van der Waals surface area contributed by atoms with E-state index in [1.165, 1.54) is 102 Å². The zero-order chi connectivity index (χ0) is 43.2.